The highest BCUT2D eigenvalue weighted by Gasteiger charge is 2.24. The quantitative estimate of drug-likeness (QED) is 0.750. The Balaban J connectivity index is 2.10. The van der Waals surface area contributed by atoms with Crippen LogP contribution in [0.2, 0.25) is 0 Å². The van der Waals surface area contributed by atoms with Gasteiger partial charge in [-0.1, -0.05) is 12.8 Å². The number of aromatic nitrogens is 1. The first-order valence-corrected chi connectivity index (χ1v) is 5.04. The van der Waals surface area contributed by atoms with E-state index in [1.54, 1.807) is 19.2 Å². The summed E-state index contributed by atoms with van der Waals surface area (Å²) in [5.74, 6) is 0.391. The minimum atomic E-state index is -0.396. The van der Waals surface area contributed by atoms with Gasteiger partial charge in [0.25, 0.3) is 0 Å². The van der Waals surface area contributed by atoms with Crippen LogP contribution in [-0.4, -0.2) is 4.98 Å². The normalized spacial score (nSPS) is 18.2. The molecule has 0 radical (unpaired) electrons. The van der Waals surface area contributed by atoms with Gasteiger partial charge in [0.05, 0.1) is 0 Å². The topological polar surface area (TPSA) is 38.9 Å². The largest absolute Gasteiger partial charge is 0.324 e. The number of halogens is 1. The number of pyridine rings is 1. The smallest absolute Gasteiger partial charge is 0.215 e. The Hall–Kier alpha value is -0.960. The fraction of sp³-hybridized carbons (Fsp3) is 0.545. The summed E-state index contributed by atoms with van der Waals surface area (Å²) < 4.78 is 12.9. The molecule has 0 aliphatic heterocycles. The van der Waals surface area contributed by atoms with Crippen LogP contribution in [0, 0.1) is 18.8 Å². The lowest BCUT2D eigenvalue weighted by Crippen LogP contribution is -2.12. The zero-order valence-electron chi connectivity index (χ0n) is 8.33. The first-order valence-electron chi connectivity index (χ1n) is 5.04. The average Bonchev–Trinajstić information content (AvgIpc) is 2.93. The molecule has 1 saturated carbocycles. The molecule has 3 heteroatoms. The number of aryl methyl sites for hydroxylation is 1. The lowest BCUT2D eigenvalue weighted by atomic mass is 10.0. The molecule has 1 atom stereocenters. The third-order valence-corrected chi connectivity index (χ3v) is 2.75. The van der Waals surface area contributed by atoms with E-state index in [0.717, 1.165) is 17.9 Å². The number of nitrogens with zero attached hydrogens (tertiary/aromatic N) is 1. The molecule has 1 aromatic heterocycles. The zero-order chi connectivity index (χ0) is 10.1. The maximum Gasteiger partial charge on any atom is 0.215 e. The molecule has 14 heavy (non-hydrogen) atoms. The summed E-state index contributed by atoms with van der Waals surface area (Å²) >= 11 is 0. The van der Waals surface area contributed by atoms with Crippen LogP contribution in [0.3, 0.4) is 0 Å². The summed E-state index contributed by atoms with van der Waals surface area (Å²) in [5.41, 5.74) is 7.52. The fourth-order valence-corrected chi connectivity index (χ4v) is 1.63. The van der Waals surface area contributed by atoms with E-state index in [9.17, 15) is 4.39 Å². The van der Waals surface area contributed by atoms with Crippen molar-refractivity contribution in [2.24, 2.45) is 11.7 Å². The van der Waals surface area contributed by atoms with E-state index in [4.69, 9.17) is 5.73 Å². The van der Waals surface area contributed by atoms with Gasteiger partial charge in [-0.05, 0) is 30.9 Å². The molecule has 2 rings (SSSR count). The number of rotatable bonds is 3. The molecule has 1 aliphatic rings. The molecule has 1 heterocycles. The molecular formula is C11H15FN2. The van der Waals surface area contributed by atoms with Crippen molar-refractivity contribution in [1.29, 1.82) is 0 Å². The average molecular weight is 194 g/mol. The Labute approximate surface area is 83.3 Å². The van der Waals surface area contributed by atoms with Gasteiger partial charge in [-0.2, -0.15) is 4.39 Å². The van der Waals surface area contributed by atoms with Gasteiger partial charge in [0, 0.05) is 17.8 Å². The number of hydrogen-bond donors (Lipinski definition) is 1. The van der Waals surface area contributed by atoms with E-state index in [2.05, 4.69) is 4.98 Å². The van der Waals surface area contributed by atoms with Gasteiger partial charge in [0.2, 0.25) is 5.95 Å². The van der Waals surface area contributed by atoms with Crippen LogP contribution < -0.4 is 5.73 Å². The molecule has 2 nitrogen and oxygen atoms in total. The summed E-state index contributed by atoms with van der Waals surface area (Å²) in [6, 6.07) is 1.82. The summed E-state index contributed by atoms with van der Waals surface area (Å²) in [5, 5.41) is 0. The van der Waals surface area contributed by atoms with Crippen LogP contribution in [0.25, 0.3) is 0 Å². The van der Waals surface area contributed by atoms with Gasteiger partial charge < -0.3 is 5.73 Å². The molecule has 1 fully saturated rings. The van der Waals surface area contributed by atoms with Gasteiger partial charge in [0.15, 0.2) is 0 Å². The van der Waals surface area contributed by atoms with Crippen LogP contribution >= 0.6 is 0 Å². The fourth-order valence-electron chi connectivity index (χ4n) is 1.63. The Kier molecular flexibility index (Phi) is 2.50. The second-order valence-corrected chi connectivity index (χ2v) is 4.16. The van der Waals surface area contributed by atoms with Crippen LogP contribution in [0.1, 0.15) is 36.4 Å². The van der Waals surface area contributed by atoms with E-state index in [-0.39, 0.29) is 6.04 Å². The highest BCUT2D eigenvalue weighted by Crippen LogP contribution is 2.36. The molecule has 1 aromatic rings. The Morgan fingerprint density at radius 1 is 1.64 bits per heavy atom. The molecule has 0 spiro atoms. The van der Waals surface area contributed by atoms with E-state index in [0.29, 0.717) is 5.56 Å². The summed E-state index contributed by atoms with van der Waals surface area (Å²) in [7, 11) is 0. The second kappa shape index (κ2) is 3.65. The Morgan fingerprint density at radius 2 is 2.36 bits per heavy atom. The molecule has 0 aromatic carbocycles. The predicted octanol–water partition coefficient (Wildman–Crippen LogP) is 2.33. The SMILES string of the molecule is Cc1cc([C@@H](N)CC2CC2)cnc1F. The van der Waals surface area contributed by atoms with E-state index < -0.39 is 5.95 Å². The molecular weight excluding hydrogens is 179 g/mol. The monoisotopic (exact) mass is 194 g/mol. The highest BCUT2D eigenvalue weighted by molar-refractivity contribution is 5.21. The molecule has 1 aliphatic carbocycles. The van der Waals surface area contributed by atoms with Gasteiger partial charge in [0.1, 0.15) is 0 Å². The maximum atomic E-state index is 12.9. The Morgan fingerprint density at radius 3 is 2.93 bits per heavy atom. The van der Waals surface area contributed by atoms with Crippen LogP contribution in [0.15, 0.2) is 12.3 Å². The van der Waals surface area contributed by atoms with Crippen molar-refractivity contribution in [3.63, 3.8) is 0 Å². The maximum absolute atomic E-state index is 12.9. The minimum absolute atomic E-state index is 0.0225. The number of nitrogens with two attached hydrogens (primary N) is 1. The van der Waals surface area contributed by atoms with Crippen molar-refractivity contribution in [1.82, 2.24) is 4.98 Å². The van der Waals surface area contributed by atoms with Crippen LogP contribution in [0.4, 0.5) is 4.39 Å². The van der Waals surface area contributed by atoms with Gasteiger partial charge in [-0.25, -0.2) is 4.98 Å². The van der Waals surface area contributed by atoms with Gasteiger partial charge in [-0.3, -0.25) is 0 Å². The highest BCUT2D eigenvalue weighted by atomic mass is 19.1. The van der Waals surface area contributed by atoms with E-state index >= 15 is 0 Å². The molecule has 2 N–H and O–H groups in total. The predicted molar refractivity (Wildman–Crippen MR) is 53.2 cm³/mol. The molecule has 0 saturated heterocycles. The minimum Gasteiger partial charge on any atom is -0.324 e. The third kappa shape index (κ3) is 2.10. The molecule has 76 valence electrons. The van der Waals surface area contributed by atoms with Crippen molar-refractivity contribution in [3.8, 4) is 0 Å². The van der Waals surface area contributed by atoms with Gasteiger partial charge in [-0.15, -0.1) is 0 Å². The van der Waals surface area contributed by atoms with Crippen molar-refractivity contribution in [2.75, 3.05) is 0 Å². The second-order valence-electron chi connectivity index (χ2n) is 4.16. The van der Waals surface area contributed by atoms with Crippen LogP contribution in [-0.2, 0) is 0 Å². The van der Waals surface area contributed by atoms with Crippen LogP contribution in [0.5, 0.6) is 0 Å². The lowest BCUT2D eigenvalue weighted by Gasteiger charge is -2.11. The van der Waals surface area contributed by atoms with E-state index in [1.807, 2.05) is 0 Å². The standard InChI is InChI=1S/C11H15FN2/c1-7-4-9(6-14-11(7)12)10(13)5-8-2-3-8/h4,6,8,10H,2-3,5,13H2,1H3/t10-/m0/s1. The lowest BCUT2D eigenvalue weighted by molar-refractivity contribution is 0.560. The van der Waals surface area contributed by atoms with Crippen molar-refractivity contribution >= 4 is 0 Å². The molecule has 0 bridgehead atoms. The zero-order valence-corrected chi connectivity index (χ0v) is 8.33. The summed E-state index contributed by atoms with van der Waals surface area (Å²) in [4.78, 5) is 3.68. The third-order valence-electron chi connectivity index (χ3n) is 2.75. The summed E-state index contributed by atoms with van der Waals surface area (Å²) in [6.07, 6.45) is 5.14. The Bertz CT molecular complexity index is 334. The van der Waals surface area contributed by atoms with E-state index in [1.165, 1.54) is 12.8 Å². The van der Waals surface area contributed by atoms with Crippen molar-refractivity contribution in [3.05, 3.63) is 29.3 Å². The van der Waals surface area contributed by atoms with Gasteiger partial charge >= 0.3 is 0 Å². The number of hydrogen-bond acceptors (Lipinski definition) is 2. The summed E-state index contributed by atoms with van der Waals surface area (Å²) in [6.45, 7) is 1.72. The first-order chi connectivity index (χ1) is 6.66. The molecule has 0 unspecified atom stereocenters. The van der Waals surface area contributed by atoms with Crippen molar-refractivity contribution in [2.45, 2.75) is 32.2 Å². The van der Waals surface area contributed by atoms with Crippen molar-refractivity contribution < 1.29 is 4.39 Å². The molecule has 0 amide bonds. The first kappa shape index (κ1) is 9.59.